The topological polar surface area (TPSA) is 92.9 Å². The van der Waals surface area contributed by atoms with Gasteiger partial charge >= 0.3 is 0 Å². The van der Waals surface area contributed by atoms with Crippen LogP contribution >= 0.6 is 35.0 Å². The molecule has 1 aromatic heterocycles. The van der Waals surface area contributed by atoms with E-state index in [4.69, 9.17) is 28.3 Å². The number of hydrogen-bond donors (Lipinski definition) is 2. The first-order valence-electron chi connectivity index (χ1n) is 10.6. The third-order valence-corrected chi connectivity index (χ3v) is 6.29. The van der Waals surface area contributed by atoms with E-state index in [9.17, 15) is 4.79 Å². The van der Waals surface area contributed by atoms with Crippen LogP contribution in [0.2, 0.25) is 10.0 Å². The van der Waals surface area contributed by atoms with Gasteiger partial charge in [0.2, 0.25) is 11.1 Å². The van der Waals surface area contributed by atoms with Gasteiger partial charge in [0.15, 0.2) is 0 Å². The van der Waals surface area contributed by atoms with Crippen LogP contribution in [0.25, 0.3) is 5.69 Å². The minimum Gasteiger partial charge on any atom is -0.396 e. The number of aliphatic hydroxyl groups is 1. The number of carbonyl (C=O) groups is 1. The van der Waals surface area contributed by atoms with Gasteiger partial charge in [-0.15, -0.1) is 5.10 Å². The van der Waals surface area contributed by atoms with E-state index < -0.39 is 0 Å². The Hall–Kier alpha value is -2.57. The molecular weight excluding hydrogens is 493 g/mol. The quantitative estimate of drug-likeness (QED) is 0.256. The number of amides is 1. The monoisotopic (exact) mass is 517 g/mol. The van der Waals surface area contributed by atoms with Crippen LogP contribution in [-0.2, 0) is 10.2 Å². The number of halogens is 2. The number of tetrazole rings is 1. The third-order valence-electron chi connectivity index (χ3n) is 4.75. The predicted octanol–water partition coefficient (Wildman–Crippen LogP) is 5.12. The molecule has 0 aliphatic rings. The maximum absolute atomic E-state index is 12.5. The van der Waals surface area contributed by atoms with E-state index in [-0.39, 0.29) is 23.7 Å². The van der Waals surface area contributed by atoms with Crippen molar-refractivity contribution in [1.82, 2.24) is 20.2 Å². The van der Waals surface area contributed by atoms with E-state index in [1.807, 2.05) is 18.2 Å². The summed E-state index contributed by atoms with van der Waals surface area (Å²) >= 11 is 14.0. The number of thioether (sulfide) groups is 1. The Bertz CT molecular complexity index is 1230. The van der Waals surface area contributed by atoms with Gasteiger partial charge in [-0.2, -0.15) is 4.68 Å². The smallest absolute Gasteiger partial charge is 0.234 e. The van der Waals surface area contributed by atoms with E-state index in [1.54, 1.807) is 18.2 Å². The fraction of sp³-hybridized carbons (Fsp3) is 0.333. The molecule has 2 N–H and O–H groups in total. The summed E-state index contributed by atoms with van der Waals surface area (Å²) in [6, 6.07) is 11.0. The SMILES string of the molecule is CC(C)(C)c1ccc(-n2nnnc2SCC(=O)Nc2ccc(C#CCCCO)cc2Cl)c(Cl)c1. The van der Waals surface area contributed by atoms with Gasteiger partial charge in [0.05, 0.1) is 27.2 Å². The highest BCUT2D eigenvalue weighted by Crippen LogP contribution is 2.30. The minimum absolute atomic E-state index is 0.0373. The first-order chi connectivity index (χ1) is 16.2. The molecule has 0 saturated carbocycles. The van der Waals surface area contributed by atoms with Crippen LogP contribution in [0.1, 0.15) is 44.7 Å². The van der Waals surface area contributed by atoms with E-state index in [1.165, 1.54) is 16.4 Å². The zero-order chi connectivity index (χ0) is 24.7. The van der Waals surface area contributed by atoms with Crippen LogP contribution in [0.15, 0.2) is 41.6 Å². The number of benzene rings is 2. The van der Waals surface area contributed by atoms with Crippen LogP contribution in [0.5, 0.6) is 0 Å². The van der Waals surface area contributed by atoms with E-state index in [2.05, 4.69) is 53.5 Å². The fourth-order valence-corrected chi connectivity index (χ4v) is 4.08. The highest BCUT2D eigenvalue weighted by molar-refractivity contribution is 7.99. The summed E-state index contributed by atoms with van der Waals surface area (Å²) in [6.07, 6.45) is 1.24. The van der Waals surface area contributed by atoms with Crippen molar-refractivity contribution in [3.63, 3.8) is 0 Å². The molecule has 3 aromatic rings. The molecule has 34 heavy (non-hydrogen) atoms. The molecule has 2 aromatic carbocycles. The number of aromatic nitrogens is 4. The van der Waals surface area contributed by atoms with Crippen LogP contribution in [-0.4, -0.2) is 43.6 Å². The van der Waals surface area contributed by atoms with Gasteiger partial charge in [0.1, 0.15) is 0 Å². The molecule has 0 fully saturated rings. The molecule has 0 unspecified atom stereocenters. The van der Waals surface area contributed by atoms with Crippen LogP contribution in [0, 0.1) is 11.8 Å². The fourth-order valence-electron chi connectivity index (χ4n) is 2.91. The minimum atomic E-state index is -0.252. The number of nitrogens with zero attached hydrogens (tertiary/aromatic N) is 4. The zero-order valence-electron chi connectivity index (χ0n) is 19.1. The van der Waals surface area contributed by atoms with E-state index in [0.29, 0.717) is 39.4 Å². The number of unbranched alkanes of at least 4 members (excludes halogenated alkanes) is 1. The maximum atomic E-state index is 12.5. The summed E-state index contributed by atoms with van der Waals surface area (Å²) in [6.45, 7) is 6.45. The first kappa shape index (κ1) is 26.0. The molecule has 0 aliphatic carbocycles. The van der Waals surface area contributed by atoms with Crippen molar-refractivity contribution >= 4 is 46.6 Å². The second kappa shape index (κ2) is 11.7. The van der Waals surface area contributed by atoms with Crippen molar-refractivity contribution in [2.45, 2.75) is 44.2 Å². The maximum Gasteiger partial charge on any atom is 0.234 e. The summed E-state index contributed by atoms with van der Waals surface area (Å²) < 4.78 is 1.52. The van der Waals surface area contributed by atoms with Crippen molar-refractivity contribution in [2.24, 2.45) is 0 Å². The summed E-state index contributed by atoms with van der Waals surface area (Å²) in [5.74, 6) is 5.78. The van der Waals surface area contributed by atoms with E-state index >= 15 is 0 Å². The molecule has 178 valence electrons. The van der Waals surface area contributed by atoms with Crippen molar-refractivity contribution < 1.29 is 9.90 Å². The van der Waals surface area contributed by atoms with Gasteiger partial charge in [0, 0.05) is 18.6 Å². The molecule has 0 radical (unpaired) electrons. The third kappa shape index (κ3) is 6.97. The summed E-state index contributed by atoms with van der Waals surface area (Å²) in [4.78, 5) is 12.5. The lowest BCUT2D eigenvalue weighted by molar-refractivity contribution is -0.113. The van der Waals surface area contributed by atoms with Crippen LogP contribution in [0.3, 0.4) is 0 Å². The Morgan fingerprint density at radius 3 is 2.65 bits per heavy atom. The van der Waals surface area contributed by atoms with Gasteiger partial charge in [-0.25, -0.2) is 0 Å². The lowest BCUT2D eigenvalue weighted by Crippen LogP contribution is -2.15. The summed E-state index contributed by atoms with van der Waals surface area (Å²) in [5.41, 5.74) is 2.94. The van der Waals surface area contributed by atoms with Crippen molar-refractivity contribution in [1.29, 1.82) is 0 Å². The Morgan fingerprint density at radius 2 is 1.97 bits per heavy atom. The Labute approximate surface area is 213 Å². The second-order valence-corrected chi connectivity index (χ2v) is 10.2. The molecule has 0 atom stereocenters. The average Bonchev–Trinajstić information content (AvgIpc) is 3.24. The average molecular weight is 518 g/mol. The van der Waals surface area contributed by atoms with Gasteiger partial charge in [-0.1, -0.05) is 73.6 Å². The molecule has 0 bridgehead atoms. The van der Waals surface area contributed by atoms with Crippen molar-refractivity contribution in [3.05, 3.63) is 57.6 Å². The standard InChI is InChI=1S/C24H25Cl2N5O2S/c1-24(2,3)17-9-11-21(19(26)14-17)31-23(28-29-30-31)34-15-22(33)27-20-10-8-16(13-18(20)25)7-5-4-6-12-32/h8-11,13-14,32H,4,6,12,15H2,1-3H3,(H,27,33). The first-order valence-corrected chi connectivity index (χ1v) is 12.3. The molecule has 3 rings (SSSR count). The van der Waals surface area contributed by atoms with Gasteiger partial charge in [-0.3, -0.25) is 4.79 Å². The van der Waals surface area contributed by atoms with E-state index in [0.717, 1.165) is 11.1 Å². The number of carbonyl (C=O) groups excluding carboxylic acids is 1. The normalized spacial score (nSPS) is 11.1. The lowest BCUT2D eigenvalue weighted by Gasteiger charge is -2.20. The number of hydrogen-bond acceptors (Lipinski definition) is 6. The van der Waals surface area contributed by atoms with Crippen molar-refractivity contribution in [2.75, 3.05) is 17.7 Å². The number of anilines is 1. The highest BCUT2D eigenvalue weighted by atomic mass is 35.5. The zero-order valence-corrected chi connectivity index (χ0v) is 21.4. The number of rotatable bonds is 7. The van der Waals surface area contributed by atoms with Crippen LogP contribution in [0.4, 0.5) is 5.69 Å². The molecule has 0 spiro atoms. The summed E-state index contributed by atoms with van der Waals surface area (Å²) in [7, 11) is 0. The Balaban J connectivity index is 1.64. The molecule has 1 amide bonds. The Morgan fingerprint density at radius 1 is 1.18 bits per heavy atom. The molecule has 1 heterocycles. The molecule has 0 saturated heterocycles. The van der Waals surface area contributed by atoms with Gasteiger partial charge in [0.25, 0.3) is 0 Å². The summed E-state index contributed by atoms with van der Waals surface area (Å²) in [5, 5.41) is 24.8. The molecule has 0 aliphatic heterocycles. The molecule has 7 nitrogen and oxygen atoms in total. The van der Waals surface area contributed by atoms with Crippen molar-refractivity contribution in [3.8, 4) is 17.5 Å². The second-order valence-electron chi connectivity index (χ2n) is 8.45. The van der Waals surface area contributed by atoms with Crippen LogP contribution < -0.4 is 5.32 Å². The number of aliphatic hydroxyl groups excluding tert-OH is 1. The van der Waals surface area contributed by atoms with Gasteiger partial charge in [-0.05, 0) is 58.2 Å². The lowest BCUT2D eigenvalue weighted by atomic mass is 9.87. The van der Waals surface area contributed by atoms with Gasteiger partial charge < -0.3 is 10.4 Å². The highest BCUT2D eigenvalue weighted by Gasteiger charge is 2.18. The largest absolute Gasteiger partial charge is 0.396 e. The molecule has 10 heteroatoms. The molecular formula is C24H25Cl2N5O2S. The predicted molar refractivity (Wildman–Crippen MR) is 137 cm³/mol. The number of nitrogens with one attached hydrogen (secondary N) is 1. The Kier molecular flexibility index (Phi) is 8.97.